The molecule has 0 saturated carbocycles. The van der Waals surface area contributed by atoms with Crippen LogP contribution in [-0.2, 0) is 5.41 Å². The van der Waals surface area contributed by atoms with Gasteiger partial charge in [0.2, 0.25) is 5.41 Å². The third-order valence-electron chi connectivity index (χ3n) is 8.79. The molecule has 0 aliphatic carbocycles. The molecule has 0 aliphatic heterocycles. The molecule has 6 aromatic rings. The molecule has 0 heterocycles. The summed E-state index contributed by atoms with van der Waals surface area (Å²) >= 11 is 0. The number of aliphatic imine (C=N–C) groups is 4. The fraction of sp³-hybridized carbons (Fsp3) is 0.0698. The number of hydrogen-bond acceptors (Lipinski definition) is 8. The number of para-hydroxylation sites is 4. The fourth-order valence-corrected chi connectivity index (χ4v) is 5.86. The van der Waals surface area contributed by atoms with Crippen molar-refractivity contribution >= 4 is 47.6 Å². The van der Waals surface area contributed by atoms with Gasteiger partial charge in [-0.2, -0.15) is 26.3 Å². The maximum Gasteiger partial charge on any atom is 0.411 e. The Labute approximate surface area is 321 Å². The zero-order chi connectivity index (χ0) is 40.8. The van der Waals surface area contributed by atoms with E-state index in [4.69, 9.17) is 0 Å². The Kier molecular flexibility index (Phi) is 11.3. The molecule has 0 fully saturated rings. The highest BCUT2D eigenvalue weighted by molar-refractivity contribution is 5.91. The van der Waals surface area contributed by atoms with Crippen molar-refractivity contribution in [2.45, 2.75) is 17.8 Å². The number of rotatable bonds is 10. The molecule has 0 amide bonds. The van der Waals surface area contributed by atoms with Crippen LogP contribution in [0.15, 0.2) is 153 Å². The van der Waals surface area contributed by atoms with Crippen molar-refractivity contribution < 1.29 is 46.8 Å². The van der Waals surface area contributed by atoms with Gasteiger partial charge in [0.25, 0.3) is 0 Å². The summed E-state index contributed by atoms with van der Waals surface area (Å²) in [6, 6.07) is 28.0. The number of benzene rings is 6. The molecular weight excluding hydrogens is 750 g/mol. The van der Waals surface area contributed by atoms with E-state index < -0.39 is 40.3 Å². The normalized spacial score (nSPS) is 12.7. The van der Waals surface area contributed by atoms with E-state index in [1.807, 2.05) is 0 Å². The molecule has 0 unspecified atom stereocenters. The molecule has 14 heteroatoms. The average Bonchev–Trinajstić information content (AvgIpc) is 3.16. The monoisotopic (exact) mass is 780 g/mol. The van der Waals surface area contributed by atoms with E-state index in [0.29, 0.717) is 24.3 Å². The predicted molar refractivity (Wildman–Crippen MR) is 207 cm³/mol. The van der Waals surface area contributed by atoms with Gasteiger partial charge in [-0.05, 0) is 83.9 Å². The molecule has 0 atom stereocenters. The van der Waals surface area contributed by atoms with Crippen LogP contribution in [0.25, 0.3) is 0 Å². The second-order valence-electron chi connectivity index (χ2n) is 12.4. The highest BCUT2D eigenvalue weighted by Gasteiger charge is 2.72. The maximum absolute atomic E-state index is 15.6. The van der Waals surface area contributed by atoms with Crippen LogP contribution >= 0.6 is 0 Å². The van der Waals surface area contributed by atoms with Crippen molar-refractivity contribution in [2.24, 2.45) is 20.0 Å². The molecule has 0 radical (unpaired) electrons. The molecule has 8 nitrogen and oxygen atoms in total. The lowest BCUT2D eigenvalue weighted by atomic mass is 9.72. The number of aromatic hydroxyl groups is 4. The summed E-state index contributed by atoms with van der Waals surface area (Å²) in [6.07, 6.45) is -7.56. The van der Waals surface area contributed by atoms with Gasteiger partial charge < -0.3 is 20.4 Å². The van der Waals surface area contributed by atoms with Crippen molar-refractivity contribution in [3.8, 4) is 23.0 Å². The lowest BCUT2D eigenvalue weighted by molar-refractivity contribution is -0.288. The molecule has 0 aromatic heterocycles. The second-order valence-corrected chi connectivity index (χ2v) is 12.4. The van der Waals surface area contributed by atoms with Crippen LogP contribution < -0.4 is 0 Å². The minimum absolute atomic E-state index is 0.114. The van der Waals surface area contributed by atoms with Gasteiger partial charge in [0.15, 0.2) is 0 Å². The third kappa shape index (κ3) is 8.39. The molecule has 57 heavy (non-hydrogen) atoms. The van der Waals surface area contributed by atoms with Crippen LogP contribution in [-0.4, -0.2) is 57.6 Å². The quantitative estimate of drug-likeness (QED) is 0.0814. The number of nitrogens with zero attached hydrogens (tertiary/aromatic N) is 4. The molecule has 0 aliphatic rings. The Morgan fingerprint density at radius 2 is 0.614 bits per heavy atom. The van der Waals surface area contributed by atoms with E-state index in [1.54, 1.807) is 36.4 Å². The molecule has 0 bridgehead atoms. The van der Waals surface area contributed by atoms with Gasteiger partial charge in [-0.15, -0.1) is 0 Å². The van der Waals surface area contributed by atoms with Gasteiger partial charge in [-0.1, -0.05) is 60.7 Å². The lowest BCUT2D eigenvalue weighted by Gasteiger charge is -2.38. The van der Waals surface area contributed by atoms with Crippen molar-refractivity contribution in [1.29, 1.82) is 0 Å². The molecule has 0 spiro atoms. The molecule has 6 rings (SSSR count). The molecule has 4 N–H and O–H groups in total. The van der Waals surface area contributed by atoms with Gasteiger partial charge in [0.1, 0.15) is 23.0 Å². The number of halogens is 6. The Balaban J connectivity index is 1.58. The van der Waals surface area contributed by atoms with Crippen LogP contribution in [0.4, 0.5) is 49.1 Å². The van der Waals surface area contributed by atoms with Crippen LogP contribution in [0.2, 0.25) is 0 Å². The van der Waals surface area contributed by atoms with Gasteiger partial charge in [0.05, 0.1) is 22.7 Å². The number of phenolic OH excluding ortho intramolecular Hbond substituents is 4. The Morgan fingerprint density at radius 1 is 0.351 bits per heavy atom. The Morgan fingerprint density at radius 3 is 0.877 bits per heavy atom. The van der Waals surface area contributed by atoms with E-state index in [1.165, 1.54) is 73.1 Å². The topological polar surface area (TPSA) is 130 Å². The van der Waals surface area contributed by atoms with Crippen molar-refractivity contribution in [2.75, 3.05) is 0 Å². The summed E-state index contributed by atoms with van der Waals surface area (Å²) < 4.78 is 93.4. The van der Waals surface area contributed by atoms with Gasteiger partial charge in [-0.3, -0.25) is 20.0 Å². The van der Waals surface area contributed by atoms with Crippen LogP contribution in [0.3, 0.4) is 0 Å². The van der Waals surface area contributed by atoms with Gasteiger partial charge in [-0.25, -0.2) is 0 Å². The van der Waals surface area contributed by atoms with Gasteiger partial charge >= 0.3 is 12.4 Å². The van der Waals surface area contributed by atoms with Crippen LogP contribution in [0.1, 0.15) is 33.4 Å². The fourth-order valence-electron chi connectivity index (χ4n) is 5.86. The number of phenols is 4. The SMILES string of the molecule is Oc1ccccc1C=Nc1ccc(C(c2ccc(N=Cc3ccccc3O)c(N=Cc3ccccc3O)c2)(C(F)(F)F)C(F)(F)F)cc1N=Cc1ccccc1O. The minimum atomic E-state index is -6.02. The van der Waals surface area contributed by atoms with E-state index in [0.717, 1.165) is 24.6 Å². The first-order chi connectivity index (χ1) is 27.2. The standard InChI is InChI=1S/C43H30F6N4O4/c44-42(45,46)41(43(47,48)49,31-17-19-33(50-23-27-9-1-5-13-37(27)54)35(21-31)52-25-29-11-3-7-15-39(29)56)32-18-20-34(51-24-28-10-2-6-14-38(28)55)36(22-32)53-26-30-12-4-8-16-40(30)57/h1-26,54-57H. The summed E-state index contributed by atoms with van der Waals surface area (Å²) in [5.41, 5.74) is -7.75. The zero-order valence-corrected chi connectivity index (χ0v) is 29.4. The van der Waals surface area contributed by atoms with Crippen molar-refractivity contribution in [3.05, 3.63) is 167 Å². The first-order valence-electron chi connectivity index (χ1n) is 16.9. The first-order valence-corrected chi connectivity index (χ1v) is 16.9. The van der Waals surface area contributed by atoms with Crippen LogP contribution in [0, 0.1) is 0 Å². The Hall–Kier alpha value is -7.22. The number of hydrogen-bond donors (Lipinski definition) is 4. The highest BCUT2D eigenvalue weighted by atomic mass is 19.4. The zero-order valence-electron chi connectivity index (χ0n) is 29.4. The Bertz CT molecular complexity index is 2350. The molecule has 288 valence electrons. The summed E-state index contributed by atoms with van der Waals surface area (Å²) in [4.78, 5) is 16.8. The average molecular weight is 781 g/mol. The van der Waals surface area contributed by atoms with E-state index in [2.05, 4.69) is 20.0 Å². The third-order valence-corrected chi connectivity index (χ3v) is 8.79. The van der Waals surface area contributed by atoms with E-state index >= 15 is 26.3 Å². The molecule has 0 saturated heterocycles. The number of alkyl halides is 6. The molecule has 6 aromatic carbocycles. The first kappa shape index (κ1) is 39.5. The van der Waals surface area contributed by atoms with Crippen LogP contribution in [0.5, 0.6) is 23.0 Å². The summed E-state index contributed by atoms with van der Waals surface area (Å²) in [6.45, 7) is 0. The largest absolute Gasteiger partial charge is 0.507 e. The second kappa shape index (κ2) is 16.3. The highest BCUT2D eigenvalue weighted by Crippen LogP contribution is 2.58. The maximum atomic E-state index is 15.6. The summed E-state index contributed by atoms with van der Waals surface area (Å²) in [7, 11) is 0. The summed E-state index contributed by atoms with van der Waals surface area (Å²) in [5.74, 6) is -0.864. The van der Waals surface area contributed by atoms with E-state index in [-0.39, 0.29) is 56.6 Å². The molecular formula is C43H30F6N4O4. The predicted octanol–water partition coefficient (Wildman–Crippen LogP) is 10.9. The smallest absolute Gasteiger partial charge is 0.411 e. The van der Waals surface area contributed by atoms with Crippen molar-refractivity contribution in [1.82, 2.24) is 0 Å². The van der Waals surface area contributed by atoms with Crippen molar-refractivity contribution in [3.63, 3.8) is 0 Å². The summed E-state index contributed by atoms with van der Waals surface area (Å²) in [5, 5.41) is 41.0. The lowest BCUT2D eigenvalue weighted by Crippen LogP contribution is -2.54. The minimum Gasteiger partial charge on any atom is -0.507 e. The van der Waals surface area contributed by atoms with E-state index in [9.17, 15) is 20.4 Å². The van der Waals surface area contributed by atoms with Gasteiger partial charge in [0, 0.05) is 47.1 Å².